The summed E-state index contributed by atoms with van der Waals surface area (Å²) in [5.74, 6) is 3.72. The highest BCUT2D eigenvalue weighted by atomic mass is 16.5. The second-order valence-corrected chi connectivity index (χ2v) is 4.88. The van der Waals surface area contributed by atoms with Crippen LogP contribution < -0.4 is 20.1 Å². The third-order valence-corrected chi connectivity index (χ3v) is 3.08. The number of hydrogen-bond donors (Lipinski definition) is 2. The number of amides is 1. The molecule has 2 rings (SSSR count). The Hall–Kier alpha value is -2.19. The molecule has 0 spiro atoms. The maximum atomic E-state index is 11.9. The molecule has 0 saturated carbocycles. The molecule has 1 amide bonds. The van der Waals surface area contributed by atoms with Crippen molar-refractivity contribution in [3.8, 4) is 23.8 Å². The zero-order valence-electron chi connectivity index (χ0n) is 12.4. The third kappa shape index (κ3) is 3.89. The van der Waals surface area contributed by atoms with Crippen LogP contribution in [0.2, 0.25) is 0 Å². The third-order valence-electron chi connectivity index (χ3n) is 3.08. The van der Waals surface area contributed by atoms with Crippen LogP contribution in [-0.2, 0) is 11.2 Å². The predicted octanol–water partition coefficient (Wildman–Crippen LogP) is 1.57. The summed E-state index contributed by atoms with van der Waals surface area (Å²) in [4.78, 5) is 11.9. The minimum Gasteiger partial charge on any atom is -0.492 e. The normalized spacial score (nSPS) is 15.8. The first-order chi connectivity index (χ1) is 10.1. The number of nitrogens with one attached hydrogen (secondary N) is 2. The molecule has 5 heteroatoms. The van der Waals surface area contributed by atoms with Crippen LogP contribution in [0.15, 0.2) is 12.1 Å². The van der Waals surface area contributed by atoms with Gasteiger partial charge in [-0.25, -0.2) is 0 Å². The monoisotopic (exact) mass is 288 g/mol. The van der Waals surface area contributed by atoms with Crippen molar-refractivity contribution in [2.75, 3.05) is 25.0 Å². The minimum atomic E-state index is -0.169. The second kappa shape index (κ2) is 7.00. The molecule has 2 N–H and O–H groups in total. The number of hydrogen-bond acceptors (Lipinski definition) is 4. The molecule has 1 atom stereocenters. The van der Waals surface area contributed by atoms with Crippen LogP contribution in [-0.4, -0.2) is 31.7 Å². The molecule has 1 aliphatic heterocycles. The van der Waals surface area contributed by atoms with Crippen molar-refractivity contribution in [2.45, 2.75) is 26.4 Å². The van der Waals surface area contributed by atoms with E-state index in [1.807, 2.05) is 26.0 Å². The van der Waals surface area contributed by atoms with Gasteiger partial charge in [0.25, 0.3) is 0 Å². The van der Waals surface area contributed by atoms with Gasteiger partial charge in [0, 0.05) is 18.1 Å². The van der Waals surface area contributed by atoms with Gasteiger partial charge in [-0.3, -0.25) is 10.1 Å². The highest BCUT2D eigenvalue weighted by Gasteiger charge is 2.22. The van der Waals surface area contributed by atoms with E-state index in [-0.39, 0.29) is 18.6 Å². The molecule has 1 unspecified atom stereocenters. The fraction of sp³-hybridized carbons (Fsp3) is 0.438. The Morgan fingerprint density at radius 2 is 2.38 bits per heavy atom. The molecule has 112 valence electrons. The van der Waals surface area contributed by atoms with Crippen molar-refractivity contribution in [2.24, 2.45) is 0 Å². The molecule has 1 heterocycles. The van der Waals surface area contributed by atoms with Crippen molar-refractivity contribution in [1.29, 1.82) is 0 Å². The Morgan fingerprint density at radius 3 is 3.10 bits per heavy atom. The molecule has 0 radical (unpaired) electrons. The smallest absolute Gasteiger partial charge is 0.238 e. The quantitative estimate of drug-likeness (QED) is 0.616. The molecule has 0 bridgehead atoms. The average Bonchev–Trinajstić information content (AvgIpc) is 2.79. The van der Waals surface area contributed by atoms with Crippen molar-refractivity contribution in [3.63, 3.8) is 0 Å². The van der Waals surface area contributed by atoms with E-state index < -0.39 is 0 Å². The summed E-state index contributed by atoms with van der Waals surface area (Å²) in [6, 6.07) is 3.76. The number of benzene rings is 1. The van der Waals surface area contributed by atoms with Gasteiger partial charge in [-0.15, -0.1) is 6.42 Å². The van der Waals surface area contributed by atoms with E-state index in [1.54, 1.807) is 0 Å². The largest absolute Gasteiger partial charge is 0.492 e. The summed E-state index contributed by atoms with van der Waals surface area (Å²) < 4.78 is 11.3. The fourth-order valence-electron chi connectivity index (χ4n) is 2.25. The average molecular weight is 288 g/mol. The maximum Gasteiger partial charge on any atom is 0.238 e. The first-order valence-corrected chi connectivity index (χ1v) is 7.04. The van der Waals surface area contributed by atoms with E-state index in [4.69, 9.17) is 15.9 Å². The molecule has 0 saturated heterocycles. The SMILES string of the molecule is C#CCNCC(=O)Nc1cc2c(cc1OCC)CC(C)O2. The van der Waals surface area contributed by atoms with E-state index in [9.17, 15) is 4.79 Å². The molecule has 21 heavy (non-hydrogen) atoms. The molecule has 0 fully saturated rings. The van der Waals surface area contributed by atoms with Gasteiger partial charge in [0.2, 0.25) is 5.91 Å². The summed E-state index contributed by atoms with van der Waals surface area (Å²) in [7, 11) is 0. The van der Waals surface area contributed by atoms with Gasteiger partial charge in [-0.05, 0) is 19.9 Å². The molecular formula is C16H20N2O3. The van der Waals surface area contributed by atoms with Crippen LogP contribution in [0.3, 0.4) is 0 Å². The van der Waals surface area contributed by atoms with Crippen LogP contribution in [0.4, 0.5) is 5.69 Å². The molecule has 1 aromatic carbocycles. The zero-order valence-corrected chi connectivity index (χ0v) is 12.4. The number of anilines is 1. The van der Waals surface area contributed by atoms with E-state index in [2.05, 4.69) is 16.6 Å². The fourth-order valence-corrected chi connectivity index (χ4v) is 2.25. The zero-order chi connectivity index (χ0) is 15.2. The number of fused-ring (bicyclic) bond motifs is 1. The topological polar surface area (TPSA) is 59.6 Å². The Labute approximate surface area is 125 Å². The Morgan fingerprint density at radius 1 is 1.57 bits per heavy atom. The summed E-state index contributed by atoms with van der Waals surface area (Å²) in [6.07, 6.45) is 6.13. The molecule has 1 aromatic rings. The lowest BCUT2D eigenvalue weighted by molar-refractivity contribution is -0.115. The van der Waals surface area contributed by atoms with Gasteiger partial charge < -0.3 is 14.8 Å². The van der Waals surface area contributed by atoms with Crippen molar-refractivity contribution < 1.29 is 14.3 Å². The number of ether oxygens (including phenoxy) is 2. The van der Waals surface area contributed by atoms with Gasteiger partial charge in [-0.2, -0.15) is 0 Å². The van der Waals surface area contributed by atoms with E-state index in [0.717, 1.165) is 17.7 Å². The highest BCUT2D eigenvalue weighted by Crippen LogP contribution is 2.37. The number of terminal acetylenes is 1. The Balaban J connectivity index is 2.12. The first kappa shape index (κ1) is 15.2. The first-order valence-electron chi connectivity index (χ1n) is 7.04. The highest BCUT2D eigenvalue weighted by molar-refractivity contribution is 5.94. The Kier molecular flexibility index (Phi) is 5.07. The summed E-state index contributed by atoms with van der Waals surface area (Å²) in [5.41, 5.74) is 1.73. The Bertz CT molecular complexity index is 563. The number of carbonyl (C=O) groups is 1. The summed E-state index contributed by atoms with van der Waals surface area (Å²) in [6.45, 7) is 4.98. The van der Waals surface area contributed by atoms with Gasteiger partial charge >= 0.3 is 0 Å². The van der Waals surface area contributed by atoms with E-state index >= 15 is 0 Å². The van der Waals surface area contributed by atoms with Crippen molar-refractivity contribution >= 4 is 11.6 Å². The maximum absolute atomic E-state index is 11.9. The van der Waals surface area contributed by atoms with Crippen LogP contribution in [0.25, 0.3) is 0 Å². The lowest BCUT2D eigenvalue weighted by Crippen LogP contribution is -2.28. The van der Waals surface area contributed by atoms with Gasteiger partial charge in [0.15, 0.2) is 0 Å². The molecule has 0 aromatic heterocycles. The lowest BCUT2D eigenvalue weighted by atomic mass is 10.1. The molecular weight excluding hydrogens is 268 g/mol. The molecule has 5 nitrogen and oxygen atoms in total. The predicted molar refractivity (Wildman–Crippen MR) is 81.7 cm³/mol. The van der Waals surface area contributed by atoms with E-state index in [1.165, 1.54) is 0 Å². The van der Waals surface area contributed by atoms with Crippen LogP contribution in [0.5, 0.6) is 11.5 Å². The lowest BCUT2D eigenvalue weighted by Gasteiger charge is -2.13. The van der Waals surface area contributed by atoms with Gasteiger partial charge in [-0.1, -0.05) is 5.92 Å². The summed E-state index contributed by atoms with van der Waals surface area (Å²) >= 11 is 0. The second-order valence-electron chi connectivity index (χ2n) is 4.88. The van der Waals surface area contributed by atoms with Crippen LogP contribution in [0.1, 0.15) is 19.4 Å². The van der Waals surface area contributed by atoms with E-state index in [0.29, 0.717) is 24.6 Å². The molecule has 0 aliphatic carbocycles. The van der Waals surface area contributed by atoms with Gasteiger partial charge in [0.1, 0.15) is 17.6 Å². The van der Waals surface area contributed by atoms with Crippen LogP contribution >= 0.6 is 0 Å². The molecule has 1 aliphatic rings. The number of rotatable bonds is 6. The number of carbonyl (C=O) groups excluding carboxylic acids is 1. The van der Waals surface area contributed by atoms with Crippen molar-refractivity contribution in [3.05, 3.63) is 17.7 Å². The van der Waals surface area contributed by atoms with Crippen molar-refractivity contribution in [1.82, 2.24) is 5.32 Å². The summed E-state index contributed by atoms with van der Waals surface area (Å²) in [5, 5.41) is 5.67. The van der Waals surface area contributed by atoms with Gasteiger partial charge in [0.05, 0.1) is 25.4 Å². The standard InChI is InChI=1S/C16H20N2O3/c1-4-6-17-10-16(19)18-13-9-14-12(7-11(3)21-14)8-15(13)20-5-2/h1,8-9,11,17H,5-7,10H2,2-3H3,(H,18,19). The van der Waals surface area contributed by atoms with Crippen LogP contribution in [0, 0.1) is 12.3 Å². The minimum absolute atomic E-state index is 0.151.